The zero-order valence-corrected chi connectivity index (χ0v) is 13.5. The summed E-state index contributed by atoms with van der Waals surface area (Å²) < 4.78 is 0. The molecule has 0 spiro atoms. The fraction of sp³-hybridized carbons (Fsp3) is 0.222. The monoisotopic (exact) mass is 330 g/mol. The molecular formula is C18H19ClN2O2. The second kappa shape index (κ2) is 8.34. The van der Waals surface area contributed by atoms with Crippen molar-refractivity contribution in [1.82, 2.24) is 4.90 Å². The number of nitrogens with zero attached hydrogens (tertiary/aromatic N) is 1. The molecule has 23 heavy (non-hydrogen) atoms. The molecule has 120 valence electrons. The second-order valence-corrected chi connectivity index (χ2v) is 5.69. The van der Waals surface area contributed by atoms with Crippen molar-refractivity contribution >= 4 is 23.4 Å². The van der Waals surface area contributed by atoms with Crippen LogP contribution in [0, 0.1) is 0 Å². The molecule has 2 N–H and O–H groups in total. The Morgan fingerprint density at radius 1 is 0.957 bits per heavy atom. The van der Waals surface area contributed by atoms with Crippen LogP contribution in [0.5, 0.6) is 0 Å². The predicted octanol–water partition coefficient (Wildman–Crippen LogP) is 2.90. The minimum absolute atomic E-state index is 0.126. The summed E-state index contributed by atoms with van der Waals surface area (Å²) in [5, 5.41) is 0.578. The first-order valence-corrected chi connectivity index (χ1v) is 7.81. The Labute approximate surface area is 140 Å². The van der Waals surface area contributed by atoms with Gasteiger partial charge in [0.05, 0.1) is 0 Å². The summed E-state index contributed by atoms with van der Waals surface area (Å²) in [4.78, 5) is 25.3. The van der Waals surface area contributed by atoms with E-state index in [4.69, 9.17) is 17.3 Å². The van der Waals surface area contributed by atoms with E-state index in [0.717, 1.165) is 12.0 Å². The lowest BCUT2D eigenvalue weighted by molar-refractivity contribution is -0.118. The minimum atomic E-state index is -0.418. The quantitative estimate of drug-likeness (QED) is 0.848. The van der Waals surface area contributed by atoms with Gasteiger partial charge in [0.1, 0.15) is 0 Å². The highest BCUT2D eigenvalue weighted by atomic mass is 35.5. The molecule has 0 aliphatic rings. The van der Waals surface area contributed by atoms with Crippen molar-refractivity contribution in [2.24, 2.45) is 5.73 Å². The van der Waals surface area contributed by atoms with E-state index in [1.54, 1.807) is 29.2 Å². The van der Waals surface area contributed by atoms with Crippen LogP contribution in [0.15, 0.2) is 54.6 Å². The summed E-state index contributed by atoms with van der Waals surface area (Å²) >= 11 is 5.85. The Kier molecular flexibility index (Phi) is 6.18. The van der Waals surface area contributed by atoms with Crippen molar-refractivity contribution in [1.29, 1.82) is 0 Å². The summed E-state index contributed by atoms with van der Waals surface area (Å²) in [6.07, 6.45) is 0.868. The van der Waals surface area contributed by atoms with Crippen LogP contribution < -0.4 is 5.73 Å². The van der Waals surface area contributed by atoms with Crippen LogP contribution in [0.4, 0.5) is 0 Å². The highest BCUT2D eigenvalue weighted by Crippen LogP contribution is 2.12. The molecule has 0 saturated carbocycles. The van der Waals surface area contributed by atoms with Crippen molar-refractivity contribution in [3.05, 3.63) is 70.7 Å². The third-order valence-corrected chi connectivity index (χ3v) is 3.77. The average molecular weight is 331 g/mol. The van der Waals surface area contributed by atoms with Gasteiger partial charge in [-0.3, -0.25) is 9.59 Å². The van der Waals surface area contributed by atoms with E-state index in [0.29, 0.717) is 23.7 Å². The number of hydrogen-bond donors (Lipinski definition) is 1. The van der Waals surface area contributed by atoms with Crippen molar-refractivity contribution in [2.45, 2.75) is 12.8 Å². The van der Waals surface area contributed by atoms with Crippen molar-refractivity contribution in [2.75, 3.05) is 13.1 Å². The maximum absolute atomic E-state index is 12.6. The van der Waals surface area contributed by atoms with Gasteiger partial charge in [-0.1, -0.05) is 41.9 Å². The van der Waals surface area contributed by atoms with E-state index in [2.05, 4.69) is 0 Å². The Balaban J connectivity index is 2.07. The van der Waals surface area contributed by atoms with Gasteiger partial charge in [0.15, 0.2) is 0 Å². The van der Waals surface area contributed by atoms with Gasteiger partial charge < -0.3 is 10.6 Å². The zero-order valence-electron chi connectivity index (χ0n) is 12.7. The largest absolute Gasteiger partial charge is 0.370 e. The molecule has 5 heteroatoms. The topological polar surface area (TPSA) is 63.4 Å². The van der Waals surface area contributed by atoms with E-state index in [1.165, 1.54) is 0 Å². The fourth-order valence-corrected chi connectivity index (χ4v) is 2.37. The summed E-state index contributed by atoms with van der Waals surface area (Å²) in [6.45, 7) is 0.836. The number of amides is 2. The Morgan fingerprint density at radius 3 is 2.22 bits per heavy atom. The molecule has 2 aromatic carbocycles. The Hall–Kier alpha value is -2.33. The number of carbonyl (C=O) groups excluding carboxylic acids is 2. The van der Waals surface area contributed by atoms with Gasteiger partial charge in [0.25, 0.3) is 5.91 Å². The second-order valence-electron chi connectivity index (χ2n) is 5.25. The number of nitrogens with two attached hydrogens (primary N) is 1. The van der Waals surface area contributed by atoms with Crippen LogP contribution in [-0.4, -0.2) is 29.8 Å². The molecule has 0 fully saturated rings. The summed E-state index contributed by atoms with van der Waals surface area (Å²) in [6, 6.07) is 16.6. The normalized spacial score (nSPS) is 10.3. The predicted molar refractivity (Wildman–Crippen MR) is 91.3 cm³/mol. The smallest absolute Gasteiger partial charge is 0.253 e. The molecule has 0 atom stereocenters. The van der Waals surface area contributed by atoms with E-state index in [1.807, 2.05) is 30.3 Å². The van der Waals surface area contributed by atoms with Gasteiger partial charge in [-0.05, 0) is 36.2 Å². The number of primary amides is 1. The SMILES string of the molecule is NC(=O)CCN(CCc1ccccc1)C(=O)c1ccc(Cl)cc1. The number of halogens is 1. The molecule has 2 amide bonds. The molecule has 0 aromatic heterocycles. The van der Waals surface area contributed by atoms with E-state index < -0.39 is 5.91 Å². The lowest BCUT2D eigenvalue weighted by Crippen LogP contribution is -2.35. The van der Waals surface area contributed by atoms with Gasteiger partial charge in [-0.25, -0.2) is 0 Å². The van der Waals surface area contributed by atoms with Crippen LogP contribution in [0.1, 0.15) is 22.3 Å². The molecule has 0 radical (unpaired) electrons. The zero-order chi connectivity index (χ0) is 16.7. The van der Waals surface area contributed by atoms with E-state index >= 15 is 0 Å². The van der Waals surface area contributed by atoms with Gasteiger partial charge in [0.2, 0.25) is 5.91 Å². The van der Waals surface area contributed by atoms with E-state index in [9.17, 15) is 9.59 Å². The maximum Gasteiger partial charge on any atom is 0.253 e. The number of benzene rings is 2. The molecule has 0 heterocycles. The summed E-state index contributed by atoms with van der Waals surface area (Å²) in [5.74, 6) is -0.544. The van der Waals surface area contributed by atoms with Crippen LogP contribution in [-0.2, 0) is 11.2 Å². The van der Waals surface area contributed by atoms with Crippen molar-refractivity contribution in [3.63, 3.8) is 0 Å². The van der Waals surface area contributed by atoms with Gasteiger partial charge in [0, 0.05) is 30.1 Å². The fourth-order valence-electron chi connectivity index (χ4n) is 2.24. The molecular weight excluding hydrogens is 312 g/mol. The van der Waals surface area contributed by atoms with Crippen molar-refractivity contribution < 1.29 is 9.59 Å². The van der Waals surface area contributed by atoms with Gasteiger partial charge in [-0.2, -0.15) is 0 Å². The number of carbonyl (C=O) groups is 2. The molecule has 0 aliphatic heterocycles. The molecule has 2 rings (SSSR count). The first-order chi connectivity index (χ1) is 11.1. The maximum atomic E-state index is 12.6. The molecule has 0 bridgehead atoms. The highest BCUT2D eigenvalue weighted by Gasteiger charge is 2.16. The first kappa shape index (κ1) is 17.0. The lowest BCUT2D eigenvalue weighted by Gasteiger charge is -2.22. The molecule has 2 aromatic rings. The molecule has 0 unspecified atom stereocenters. The Morgan fingerprint density at radius 2 is 1.61 bits per heavy atom. The van der Waals surface area contributed by atoms with Crippen LogP contribution in [0.3, 0.4) is 0 Å². The first-order valence-electron chi connectivity index (χ1n) is 7.43. The summed E-state index contributed by atoms with van der Waals surface area (Å²) in [5.41, 5.74) is 6.90. The molecule has 0 aliphatic carbocycles. The Bertz CT molecular complexity index is 656. The van der Waals surface area contributed by atoms with Crippen LogP contribution in [0.2, 0.25) is 5.02 Å². The minimum Gasteiger partial charge on any atom is -0.370 e. The number of rotatable bonds is 7. The lowest BCUT2D eigenvalue weighted by atomic mass is 10.1. The van der Waals surface area contributed by atoms with Crippen LogP contribution in [0.25, 0.3) is 0 Å². The van der Waals surface area contributed by atoms with Crippen molar-refractivity contribution in [3.8, 4) is 0 Å². The molecule has 4 nitrogen and oxygen atoms in total. The standard InChI is InChI=1S/C18H19ClN2O2/c19-16-8-6-15(7-9-16)18(23)21(13-11-17(20)22)12-10-14-4-2-1-3-5-14/h1-9H,10-13H2,(H2,20,22). The summed E-state index contributed by atoms with van der Waals surface area (Å²) in [7, 11) is 0. The molecule has 0 saturated heterocycles. The van der Waals surface area contributed by atoms with Gasteiger partial charge >= 0.3 is 0 Å². The van der Waals surface area contributed by atoms with E-state index in [-0.39, 0.29) is 12.3 Å². The number of hydrogen-bond acceptors (Lipinski definition) is 2. The third-order valence-electron chi connectivity index (χ3n) is 3.52. The van der Waals surface area contributed by atoms with Crippen LogP contribution >= 0.6 is 11.6 Å². The third kappa shape index (κ3) is 5.42. The van der Waals surface area contributed by atoms with Gasteiger partial charge in [-0.15, -0.1) is 0 Å². The highest BCUT2D eigenvalue weighted by molar-refractivity contribution is 6.30. The average Bonchev–Trinajstić information content (AvgIpc) is 2.56.